The number of furan rings is 1. The lowest BCUT2D eigenvalue weighted by atomic mass is 9.96. The van der Waals surface area contributed by atoms with E-state index in [1.807, 2.05) is 26.0 Å². The number of aromatic nitrogens is 1. The van der Waals surface area contributed by atoms with E-state index in [-0.39, 0.29) is 0 Å². The largest absolute Gasteiger partial charge is 0.493 e. The molecular formula is C19H21NO3. The van der Waals surface area contributed by atoms with Crippen molar-refractivity contribution < 1.29 is 13.7 Å². The lowest BCUT2D eigenvalue weighted by molar-refractivity contribution is 0.320. The zero-order chi connectivity index (χ0) is 15.8. The average molecular weight is 311 g/mol. The average Bonchev–Trinajstić information content (AvgIpc) is 3.09. The molecule has 0 radical (unpaired) electrons. The minimum absolute atomic E-state index is 0.619. The Hall–Kier alpha value is -2.23. The smallest absolute Gasteiger partial charge is 0.137 e. The van der Waals surface area contributed by atoms with Gasteiger partial charge in [0.15, 0.2) is 0 Å². The number of ether oxygens (including phenoxy) is 1. The molecule has 3 aromatic rings. The third-order valence-corrected chi connectivity index (χ3v) is 4.73. The summed E-state index contributed by atoms with van der Waals surface area (Å²) < 4.78 is 17.1. The lowest BCUT2D eigenvalue weighted by Crippen LogP contribution is -2.03. The maximum Gasteiger partial charge on any atom is 0.137 e. The molecule has 4 heteroatoms. The molecule has 0 unspecified atom stereocenters. The van der Waals surface area contributed by atoms with E-state index < -0.39 is 0 Å². The van der Waals surface area contributed by atoms with Gasteiger partial charge in [0.2, 0.25) is 0 Å². The standard InChI is InChI=1S/C19H21NO3/c1-12-15(13(2)23-20-12)9-10-21-14-7-8-19-17(11-14)16-5-3-4-6-18(16)22-19/h7-8,11H,3-6,9-10H2,1-2H3. The highest BCUT2D eigenvalue weighted by Crippen LogP contribution is 2.34. The van der Waals surface area contributed by atoms with Crippen molar-refractivity contribution in [3.05, 3.63) is 46.5 Å². The summed E-state index contributed by atoms with van der Waals surface area (Å²) in [6.07, 6.45) is 5.46. The molecule has 0 amide bonds. The van der Waals surface area contributed by atoms with Crippen molar-refractivity contribution in [3.8, 4) is 5.75 Å². The molecule has 0 saturated carbocycles. The zero-order valence-electron chi connectivity index (χ0n) is 13.6. The molecule has 2 heterocycles. The molecule has 0 bridgehead atoms. The maximum absolute atomic E-state index is 5.96. The van der Waals surface area contributed by atoms with Gasteiger partial charge in [-0.3, -0.25) is 0 Å². The first-order chi connectivity index (χ1) is 11.2. The minimum Gasteiger partial charge on any atom is -0.493 e. The second-order valence-electron chi connectivity index (χ2n) is 6.27. The molecular weight excluding hydrogens is 290 g/mol. The highest BCUT2D eigenvalue weighted by molar-refractivity contribution is 5.84. The molecule has 23 heavy (non-hydrogen) atoms. The highest BCUT2D eigenvalue weighted by Gasteiger charge is 2.18. The van der Waals surface area contributed by atoms with Crippen LogP contribution in [0.3, 0.4) is 0 Å². The molecule has 0 fully saturated rings. The van der Waals surface area contributed by atoms with Crippen LogP contribution < -0.4 is 4.74 Å². The number of benzene rings is 1. The van der Waals surface area contributed by atoms with E-state index in [0.29, 0.717) is 6.61 Å². The zero-order valence-corrected chi connectivity index (χ0v) is 13.6. The highest BCUT2D eigenvalue weighted by atomic mass is 16.5. The number of hydrogen-bond donors (Lipinski definition) is 0. The third-order valence-electron chi connectivity index (χ3n) is 4.73. The molecule has 0 aliphatic heterocycles. The van der Waals surface area contributed by atoms with Gasteiger partial charge in [0.1, 0.15) is 22.9 Å². The maximum atomic E-state index is 5.96. The first-order valence-corrected chi connectivity index (χ1v) is 8.31. The van der Waals surface area contributed by atoms with E-state index in [9.17, 15) is 0 Å². The van der Waals surface area contributed by atoms with E-state index in [1.165, 1.54) is 29.6 Å². The van der Waals surface area contributed by atoms with Crippen LogP contribution in [0.4, 0.5) is 0 Å². The quantitative estimate of drug-likeness (QED) is 0.710. The number of rotatable bonds is 4. The summed E-state index contributed by atoms with van der Waals surface area (Å²) in [6, 6.07) is 6.14. The molecule has 4 rings (SSSR count). The van der Waals surface area contributed by atoms with Gasteiger partial charge in [-0.15, -0.1) is 0 Å². The van der Waals surface area contributed by atoms with Crippen molar-refractivity contribution in [2.75, 3.05) is 6.61 Å². The van der Waals surface area contributed by atoms with Gasteiger partial charge in [0, 0.05) is 29.4 Å². The molecule has 0 spiro atoms. The molecule has 0 atom stereocenters. The molecule has 1 aromatic carbocycles. The van der Waals surface area contributed by atoms with Crippen LogP contribution in [0.15, 0.2) is 27.1 Å². The van der Waals surface area contributed by atoms with E-state index in [1.54, 1.807) is 0 Å². The summed E-state index contributed by atoms with van der Waals surface area (Å²) in [5.74, 6) is 2.95. The number of nitrogens with zero attached hydrogens (tertiary/aromatic N) is 1. The van der Waals surface area contributed by atoms with Gasteiger partial charge < -0.3 is 13.7 Å². The fourth-order valence-corrected chi connectivity index (χ4v) is 3.46. The molecule has 120 valence electrons. The Morgan fingerprint density at radius 1 is 1.17 bits per heavy atom. The normalized spacial score (nSPS) is 14.2. The second kappa shape index (κ2) is 5.76. The number of fused-ring (bicyclic) bond motifs is 3. The van der Waals surface area contributed by atoms with Crippen LogP contribution in [0.2, 0.25) is 0 Å². The molecule has 0 N–H and O–H groups in total. The van der Waals surface area contributed by atoms with Crippen molar-refractivity contribution >= 4 is 11.0 Å². The Kier molecular flexibility index (Phi) is 3.60. The van der Waals surface area contributed by atoms with Crippen LogP contribution in [0.1, 0.15) is 41.2 Å². The van der Waals surface area contributed by atoms with Gasteiger partial charge in [-0.1, -0.05) is 5.16 Å². The SMILES string of the molecule is Cc1noc(C)c1CCOc1ccc2oc3c(c2c1)CCCC3. The topological polar surface area (TPSA) is 48.4 Å². The summed E-state index contributed by atoms with van der Waals surface area (Å²) in [4.78, 5) is 0. The molecule has 2 aromatic heterocycles. The molecule has 0 saturated heterocycles. The van der Waals surface area contributed by atoms with Crippen LogP contribution in [0.25, 0.3) is 11.0 Å². The van der Waals surface area contributed by atoms with Crippen molar-refractivity contribution in [2.45, 2.75) is 46.0 Å². The Bertz CT molecular complexity index is 824. The van der Waals surface area contributed by atoms with Crippen molar-refractivity contribution in [1.82, 2.24) is 5.16 Å². The molecule has 1 aliphatic rings. The van der Waals surface area contributed by atoms with Gasteiger partial charge >= 0.3 is 0 Å². The Morgan fingerprint density at radius 3 is 2.87 bits per heavy atom. The fraction of sp³-hybridized carbons (Fsp3) is 0.421. The van der Waals surface area contributed by atoms with Crippen LogP contribution >= 0.6 is 0 Å². The first-order valence-electron chi connectivity index (χ1n) is 8.31. The number of aryl methyl sites for hydroxylation is 4. The van der Waals surface area contributed by atoms with Crippen LogP contribution in [0.5, 0.6) is 5.75 Å². The van der Waals surface area contributed by atoms with Crippen molar-refractivity contribution in [2.24, 2.45) is 0 Å². The van der Waals surface area contributed by atoms with Gasteiger partial charge in [-0.05, 0) is 51.3 Å². The van der Waals surface area contributed by atoms with Crippen molar-refractivity contribution in [3.63, 3.8) is 0 Å². The van der Waals surface area contributed by atoms with Crippen LogP contribution in [-0.4, -0.2) is 11.8 Å². The van der Waals surface area contributed by atoms with E-state index in [4.69, 9.17) is 13.7 Å². The minimum atomic E-state index is 0.619. The first kappa shape index (κ1) is 14.4. The van der Waals surface area contributed by atoms with Gasteiger partial charge in [0.05, 0.1) is 12.3 Å². The predicted octanol–water partition coefficient (Wildman–Crippen LogP) is 4.54. The van der Waals surface area contributed by atoms with Gasteiger partial charge in [0.25, 0.3) is 0 Å². The Balaban J connectivity index is 1.51. The lowest BCUT2D eigenvalue weighted by Gasteiger charge is -2.09. The Morgan fingerprint density at radius 2 is 2.04 bits per heavy atom. The molecule has 1 aliphatic carbocycles. The van der Waals surface area contributed by atoms with E-state index in [0.717, 1.165) is 47.6 Å². The third kappa shape index (κ3) is 2.62. The molecule has 4 nitrogen and oxygen atoms in total. The second-order valence-corrected chi connectivity index (χ2v) is 6.27. The van der Waals surface area contributed by atoms with Crippen molar-refractivity contribution in [1.29, 1.82) is 0 Å². The fourth-order valence-electron chi connectivity index (χ4n) is 3.46. The monoisotopic (exact) mass is 311 g/mol. The van der Waals surface area contributed by atoms with Crippen LogP contribution in [0, 0.1) is 13.8 Å². The Labute approximate surface area is 135 Å². The summed E-state index contributed by atoms with van der Waals surface area (Å²) in [6.45, 7) is 4.53. The predicted molar refractivity (Wildman–Crippen MR) is 88.0 cm³/mol. The summed E-state index contributed by atoms with van der Waals surface area (Å²) in [5, 5.41) is 5.20. The van der Waals surface area contributed by atoms with E-state index in [2.05, 4.69) is 11.2 Å². The van der Waals surface area contributed by atoms with E-state index >= 15 is 0 Å². The van der Waals surface area contributed by atoms with Gasteiger partial charge in [-0.25, -0.2) is 0 Å². The van der Waals surface area contributed by atoms with Crippen LogP contribution in [-0.2, 0) is 19.3 Å². The van der Waals surface area contributed by atoms with Gasteiger partial charge in [-0.2, -0.15) is 0 Å². The number of hydrogen-bond acceptors (Lipinski definition) is 4. The summed E-state index contributed by atoms with van der Waals surface area (Å²) in [7, 11) is 0. The summed E-state index contributed by atoms with van der Waals surface area (Å²) >= 11 is 0. The summed E-state index contributed by atoms with van der Waals surface area (Å²) in [5.41, 5.74) is 4.45.